The maximum Gasteiger partial charge on any atom is 0.407 e. The summed E-state index contributed by atoms with van der Waals surface area (Å²) in [6.07, 6.45) is -4.66. The molecule has 4 N–H and O–H groups in total. The number of ether oxygens (including phenoxy) is 1. The monoisotopic (exact) mass is 534 g/mol. The summed E-state index contributed by atoms with van der Waals surface area (Å²) in [4.78, 5) is 11.2. The van der Waals surface area contributed by atoms with Crippen molar-refractivity contribution >= 4 is 5.97 Å². The first-order chi connectivity index (χ1) is 18.7. The summed E-state index contributed by atoms with van der Waals surface area (Å²) in [6.45, 7) is 0.428. The van der Waals surface area contributed by atoms with Crippen molar-refractivity contribution < 1.29 is 27.8 Å². The molecule has 0 aromatic heterocycles. The number of rotatable bonds is 11. The molecular formula is C31H29F3N2O3. The number of hydrogen-bond acceptors (Lipinski definition) is 4. The lowest BCUT2D eigenvalue weighted by atomic mass is 9.98. The number of carboxylic acid groups (broad SMARTS) is 1. The molecule has 0 saturated heterocycles. The Kier molecular flexibility index (Phi) is 9.01. The van der Waals surface area contributed by atoms with Crippen LogP contribution in [0.2, 0.25) is 0 Å². The maximum atomic E-state index is 13.9. The van der Waals surface area contributed by atoms with Gasteiger partial charge in [0.05, 0.1) is 6.42 Å². The van der Waals surface area contributed by atoms with Gasteiger partial charge in [0.15, 0.2) is 0 Å². The average molecular weight is 535 g/mol. The Morgan fingerprint density at radius 3 is 2.26 bits per heavy atom. The Hall–Kier alpha value is -4.14. The summed E-state index contributed by atoms with van der Waals surface area (Å²) in [5.41, 5.74) is 10.5. The minimum absolute atomic E-state index is 0.0356. The molecule has 39 heavy (non-hydrogen) atoms. The second-order valence-electron chi connectivity index (χ2n) is 9.18. The molecule has 0 fully saturated rings. The lowest BCUT2D eigenvalue weighted by Crippen LogP contribution is -2.33. The zero-order chi connectivity index (χ0) is 27.8. The van der Waals surface area contributed by atoms with Crippen LogP contribution in [0.4, 0.5) is 13.2 Å². The second kappa shape index (κ2) is 12.6. The van der Waals surface area contributed by atoms with Gasteiger partial charge < -0.3 is 15.6 Å². The first kappa shape index (κ1) is 27.9. The number of aliphatic carboxylic acids is 1. The molecule has 0 radical (unpaired) electrons. The van der Waals surface area contributed by atoms with Crippen LogP contribution < -0.4 is 15.8 Å². The largest absolute Gasteiger partial charge is 0.489 e. The third kappa shape index (κ3) is 7.69. The van der Waals surface area contributed by atoms with Crippen molar-refractivity contribution in [2.24, 2.45) is 5.73 Å². The number of nitrogens with one attached hydrogen (secondary N) is 1. The zero-order valence-electron chi connectivity index (χ0n) is 21.1. The van der Waals surface area contributed by atoms with Crippen molar-refractivity contribution in [3.63, 3.8) is 0 Å². The van der Waals surface area contributed by atoms with Gasteiger partial charge in [-0.2, -0.15) is 13.2 Å². The van der Waals surface area contributed by atoms with Crippen LogP contribution in [0.5, 0.6) is 5.75 Å². The minimum Gasteiger partial charge on any atom is -0.489 e. The van der Waals surface area contributed by atoms with Crippen LogP contribution in [0, 0.1) is 0 Å². The van der Waals surface area contributed by atoms with E-state index in [1.165, 1.54) is 12.1 Å². The summed E-state index contributed by atoms with van der Waals surface area (Å²) in [6, 6.07) is 26.0. The fourth-order valence-corrected chi connectivity index (χ4v) is 4.40. The third-order valence-electron chi connectivity index (χ3n) is 6.23. The first-order valence-corrected chi connectivity index (χ1v) is 12.4. The fourth-order valence-electron chi connectivity index (χ4n) is 4.40. The number of carboxylic acids is 1. The predicted octanol–water partition coefficient (Wildman–Crippen LogP) is 6.41. The van der Waals surface area contributed by atoms with Crippen LogP contribution in [0.25, 0.3) is 11.1 Å². The van der Waals surface area contributed by atoms with Gasteiger partial charge in [0.1, 0.15) is 18.4 Å². The molecule has 4 rings (SSSR count). The average Bonchev–Trinajstić information content (AvgIpc) is 2.92. The van der Waals surface area contributed by atoms with Gasteiger partial charge >= 0.3 is 12.1 Å². The summed E-state index contributed by atoms with van der Waals surface area (Å²) in [7, 11) is 0. The Morgan fingerprint density at radius 1 is 0.846 bits per heavy atom. The van der Waals surface area contributed by atoms with Gasteiger partial charge in [-0.25, -0.2) is 0 Å². The SMILES string of the molecule is NCc1cccc(-c2cc(CNC(c3ccccc3)C(F)(F)F)cc(COc3ccccc3CC(=O)O)c2)c1. The van der Waals surface area contributed by atoms with E-state index in [2.05, 4.69) is 5.32 Å². The highest BCUT2D eigenvalue weighted by molar-refractivity contribution is 5.71. The topological polar surface area (TPSA) is 84.6 Å². The number of hydrogen-bond donors (Lipinski definition) is 3. The Labute approximate surface area is 225 Å². The van der Waals surface area contributed by atoms with Gasteiger partial charge in [0.2, 0.25) is 0 Å². The van der Waals surface area contributed by atoms with E-state index in [0.717, 1.165) is 22.3 Å². The number of carbonyl (C=O) groups is 1. The van der Waals surface area contributed by atoms with Crippen molar-refractivity contribution in [3.05, 3.63) is 125 Å². The van der Waals surface area contributed by atoms with Crippen molar-refractivity contribution in [3.8, 4) is 16.9 Å². The molecule has 1 unspecified atom stereocenters. The highest BCUT2D eigenvalue weighted by atomic mass is 19.4. The molecule has 0 heterocycles. The fraction of sp³-hybridized carbons (Fsp3) is 0.194. The Morgan fingerprint density at radius 2 is 1.54 bits per heavy atom. The van der Waals surface area contributed by atoms with E-state index in [1.807, 2.05) is 36.4 Å². The molecule has 0 saturated carbocycles. The standard InChI is InChI=1S/C31H29F3N2O3/c32-31(33,34)30(24-8-2-1-3-9-24)36-19-22-13-23(16-27(15-22)25-11-6-7-21(14-25)18-35)20-39-28-12-5-4-10-26(28)17-29(37)38/h1-16,30,36H,17-20,35H2,(H,37,38). The van der Waals surface area contributed by atoms with E-state index in [9.17, 15) is 23.1 Å². The van der Waals surface area contributed by atoms with Crippen LogP contribution in [-0.2, 0) is 30.9 Å². The zero-order valence-corrected chi connectivity index (χ0v) is 21.1. The van der Waals surface area contributed by atoms with Gasteiger partial charge in [0, 0.05) is 18.7 Å². The number of para-hydroxylation sites is 1. The highest BCUT2D eigenvalue weighted by Gasteiger charge is 2.40. The molecule has 1 atom stereocenters. The molecule has 4 aromatic rings. The molecule has 0 aliphatic carbocycles. The smallest absolute Gasteiger partial charge is 0.407 e. The van der Waals surface area contributed by atoms with Crippen LogP contribution in [-0.4, -0.2) is 17.3 Å². The molecule has 0 aliphatic rings. The normalized spacial score (nSPS) is 12.2. The molecule has 0 spiro atoms. The molecule has 5 nitrogen and oxygen atoms in total. The maximum absolute atomic E-state index is 13.9. The van der Waals surface area contributed by atoms with Crippen molar-refractivity contribution in [1.82, 2.24) is 5.32 Å². The summed E-state index contributed by atoms with van der Waals surface area (Å²) >= 11 is 0. The molecule has 0 amide bonds. The van der Waals surface area contributed by atoms with Gasteiger partial charge in [-0.3, -0.25) is 10.1 Å². The first-order valence-electron chi connectivity index (χ1n) is 12.4. The molecule has 0 aliphatic heterocycles. The van der Waals surface area contributed by atoms with E-state index in [4.69, 9.17) is 10.5 Å². The van der Waals surface area contributed by atoms with E-state index in [0.29, 0.717) is 23.4 Å². The van der Waals surface area contributed by atoms with Crippen molar-refractivity contribution in [2.75, 3.05) is 0 Å². The van der Waals surface area contributed by atoms with E-state index >= 15 is 0 Å². The van der Waals surface area contributed by atoms with E-state index in [-0.39, 0.29) is 25.1 Å². The van der Waals surface area contributed by atoms with E-state index < -0.39 is 18.2 Å². The third-order valence-corrected chi connectivity index (χ3v) is 6.23. The van der Waals surface area contributed by atoms with E-state index in [1.54, 1.807) is 48.5 Å². The molecule has 4 aromatic carbocycles. The van der Waals surface area contributed by atoms with Gasteiger partial charge in [0.25, 0.3) is 0 Å². The summed E-state index contributed by atoms with van der Waals surface area (Å²) in [5.74, 6) is -0.532. The highest BCUT2D eigenvalue weighted by Crippen LogP contribution is 2.33. The number of alkyl halides is 3. The van der Waals surface area contributed by atoms with Crippen LogP contribution in [0.3, 0.4) is 0 Å². The quantitative estimate of drug-likeness (QED) is 0.207. The van der Waals surface area contributed by atoms with Crippen LogP contribution >= 0.6 is 0 Å². The lowest BCUT2D eigenvalue weighted by molar-refractivity contribution is -0.158. The minimum atomic E-state index is -4.48. The van der Waals surface area contributed by atoms with Crippen molar-refractivity contribution in [1.29, 1.82) is 0 Å². The summed E-state index contributed by atoms with van der Waals surface area (Å²) in [5, 5.41) is 11.9. The lowest BCUT2D eigenvalue weighted by Gasteiger charge is -2.22. The number of halogens is 3. The van der Waals surface area contributed by atoms with Crippen LogP contribution in [0.1, 0.15) is 33.9 Å². The molecule has 202 valence electrons. The van der Waals surface area contributed by atoms with Crippen LogP contribution in [0.15, 0.2) is 97.1 Å². The van der Waals surface area contributed by atoms with Gasteiger partial charge in [-0.05, 0) is 57.6 Å². The van der Waals surface area contributed by atoms with Gasteiger partial charge in [-0.1, -0.05) is 72.8 Å². The molecule has 8 heteroatoms. The molecular weight excluding hydrogens is 505 g/mol. The second-order valence-corrected chi connectivity index (χ2v) is 9.18. The molecule has 0 bridgehead atoms. The Bertz CT molecular complexity index is 1410. The van der Waals surface area contributed by atoms with Gasteiger partial charge in [-0.15, -0.1) is 0 Å². The number of benzene rings is 4. The van der Waals surface area contributed by atoms with Crippen molar-refractivity contribution in [2.45, 2.75) is 38.3 Å². The summed E-state index contributed by atoms with van der Waals surface area (Å²) < 4.78 is 47.7. The number of nitrogens with two attached hydrogens (primary N) is 1. The predicted molar refractivity (Wildman–Crippen MR) is 144 cm³/mol. The Balaban J connectivity index is 1.64.